The fraction of sp³-hybridized carbons (Fsp3) is 0.857. The van der Waals surface area contributed by atoms with Crippen molar-refractivity contribution in [1.82, 2.24) is 0 Å². The Morgan fingerprint density at radius 1 is 1.20 bits per heavy atom. The van der Waals surface area contributed by atoms with Gasteiger partial charge in [-0.1, -0.05) is 0 Å². The number of hydrogen-bond acceptors (Lipinski definition) is 3. The van der Waals surface area contributed by atoms with E-state index in [9.17, 15) is 0 Å². The maximum atomic E-state index is 8.64. The summed E-state index contributed by atoms with van der Waals surface area (Å²) in [7, 11) is 0. The molecule has 5 atom stereocenters. The molecule has 2 bridgehead atoms. The molecule has 0 radical (unpaired) electrons. The first kappa shape index (κ1) is 5.11. The normalized spacial score (nSPS) is 61.7. The van der Waals surface area contributed by atoms with Crippen molar-refractivity contribution in [2.75, 3.05) is 0 Å². The number of rotatable bonds is 0. The highest BCUT2D eigenvalue weighted by Crippen LogP contribution is 2.50. The third-order valence-electron chi connectivity index (χ3n) is 2.63. The molecule has 0 N–H and O–H groups in total. The fourth-order valence-corrected chi connectivity index (χ4v) is 2.08. The van der Waals surface area contributed by atoms with E-state index in [1.807, 2.05) is 0 Å². The van der Waals surface area contributed by atoms with Crippen LogP contribution in [0.5, 0.6) is 0 Å². The molecule has 52 valence electrons. The second-order valence-electron chi connectivity index (χ2n) is 3.18. The van der Waals surface area contributed by atoms with Crippen molar-refractivity contribution in [3.05, 3.63) is 0 Å². The highest BCUT2D eigenvalue weighted by Gasteiger charge is 2.65. The Bertz CT molecular complexity index is 222. The average molecular weight is 137 g/mol. The summed E-state index contributed by atoms with van der Waals surface area (Å²) in [5, 5.41) is 8.64. The lowest BCUT2D eigenvalue weighted by molar-refractivity contribution is 0.0159. The maximum absolute atomic E-state index is 8.64. The van der Waals surface area contributed by atoms with E-state index >= 15 is 0 Å². The van der Waals surface area contributed by atoms with Crippen molar-refractivity contribution in [2.24, 2.45) is 5.92 Å². The van der Waals surface area contributed by atoms with Gasteiger partial charge in [0.05, 0.1) is 18.1 Å². The van der Waals surface area contributed by atoms with E-state index in [4.69, 9.17) is 14.7 Å². The molecule has 10 heavy (non-hydrogen) atoms. The third kappa shape index (κ3) is 0.405. The maximum Gasteiger partial charge on any atom is 0.114 e. The van der Waals surface area contributed by atoms with Crippen LogP contribution in [0.1, 0.15) is 6.42 Å². The van der Waals surface area contributed by atoms with Gasteiger partial charge in [-0.05, 0) is 6.42 Å². The van der Waals surface area contributed by atoms with Crippen molar-refractivity contribution in [2.45, 2.75) is 30.8 Å². The third-order valence-corrected chi connectivity index (χ3v) is 2.63. The molecule has 3 nitrogen and oxygen atoms in total. The summed E-state index contributed by atoms with van der Waals surface area (Å²) < 4.78 is 10.8. The molecule has 0 unspecified atom stereocenters. The van der Waals surface area contributed by atoms with Crippen LogP contribution in [0.4, 0.5) is 0 Å². The highest BCUT2D eigenvalue weighted by atomic mass is 16.7. The van der Waals surface area contributed by atoms with Crippen LogP contribution in [0.15, 0.2) is 0 Å². The van der Waals surface area contributed by atoms with E-state index in [-0.39, 0.29) is 24.2 Å². The predicted molar refractivity (Wildman–Crippen MR) is 31.0 cm³/mol. The molecule has 3 aliphatic heterocycles. The Labute approximate surface area is 58.5 Å². The molecule has 3 heterocycles. The minimum absolute atomic E-state index is 0.105. The van der Waals surface area contributed by atoms with Gasteiger partial charge in [-0.2, -0.15) is 5.26 Å². The summed E-state index contributed by atoms with van der Waals surface area (Å²) in [6.07, 6.45) is 1.89. The van der Waals surface area contributed by atoms with Crippen LogP contribution in [0, 0.1) is 17.2 Å². The molecule has 0 aromatic rings. The molecule has 3 fully saturated rings. The largest absolute Gasteiger partial charge is 0.368 e. The molecule has 3 heteroatoms. The molecule has 0 aliphatic carbocycles. The summed E-state index contributed by atoms with van der Waals surface area (Å²) in [5.74, 6) is 0.105. The van der Waals surface area contributed by atoms with Gasteiger partial charge in [-0.3, -0.25) is 0 Å². The van der Waals surface area contributed by atoms with Crippen molar-refractivity contribution in [3.8, 4) is 6.07 Å². The van der Waals surface area contributed by atoms with Crippen LogP contribution < -0.4 is 0 Å². The number of fused-ring (bicyclic) bond motifs is 5. The second kappa shape index (κ2) is 1.36. The predicted octanol–water partition coefficient (Wildman–Crippen LogP) is 0.0647. The van der Waals surface area contributed by atoms with Gasteiger partial charge in [0.1, 0.15) is 18.3 Å². The van der Waals surface area contributed by atoms with Gasteiger partial charge < -0.3 is 9.47 Å². The quantitative estimate of drug-likeness (QED) is 0.443. The van der Waals surface area contributed by atoms with Gasteiger partial charge in [0.25, 0.3) is 0 Å². The summed E-state index contributed by atoms with van der Waals surface area (Å²) in [5.41, 5.74) is 0. The van der Waals surface area contributed by atoms with Crippen LogP contribution in [0.2, 0.25) is 0 Å². The molecule has 3 rings (SSSR count). The molecule has 0 spiro atoms. The number of ether oxygens (including phenoxy) is 2. The van der Waals surface area contributed by atoms with Crippen LogP contribution in [0.25, 0.3) is 0 Å². The minimum atomic E-state index is 0.105. The number of epoxide rings is 1. The SMILES string of the molecule is N#C[C@H]1C[C@@H]2O[C@H]1[C@H]1O[C@H]12. The Morgan fingerprint density at radius 3 is 2.70 bits per heavy atom. The average Bonchev–Trinajstić information content (AvgIpc) is 2.58. The smallest absolute Gasteiger partial charge is 0.114 e. The van der Waals surface area contributed by atoms with Crippen molar-refractivity contribution in [1.29, 1.82) is 5.26 Å². The first-order chi connectivity index (χ1) is 4.90. The van der Waals surface area contributed by atoms with E-state index in [0.29, 0.717) is 6.10 Å². The Morgan fingerprint density at radius 2 is 2.10 bits per heavy atom. The van der Waals surface area contributed by atoms with Gasteiger partial charge in [0.15, 0.2) is 0 Å². The van der Waals surface area contributed by atoms with Crippen LogP contribution in [-0.4, -0.2) is 24.4 Å². The molecule has 0 amide bonds. The van der Waals surface area contributed by atoms with E-state index in [0.717, 1.165) is 6.42 Å². The molecular formula is C7H7NO2. The molecule has 0 aromatic carbocycles. The van der Waals surface area contributed by atoms with E-state index in [1.54, 1.807) is 0 Å². The number of nitriles is 1. The van der Waals surface area contributed by atoms with Gasteiger partial charge in [0, 0.05) is 0 Å². The van der Waals surface area contributed by atoms with Gasteiger partial charge in [0.2, 0.25) is 0 Å². The van der Waals surface area contributed by atoms with Crippen molar-refractivity contribution < 1.29 is 9.47 Å². The first-order valence-electron chi connectivity index (χ1n) is 3.60. The zero-order chi connectivity index (χ0) is 6.72. The van der Waals surface area contributed by atoms with Crippen molar-refractivity contribution in [3.63, 3.8) is 0 Å². The zero-order valence-corrected chi connectivity index (χ0v) is 5.36. The zero-order valence-electron chi connectivity index (χ0n) is 5.36. The van der Waals surface area contributed by atoms with Crippen LogP contribution >= 0.6 is 0 Å². The Balaban J connectivity index is 1.93. The first-order valence-corrected chi connectivity index (χ1v) is 3.60. The topological polar surface area (TPSA) is 45.5 Å². The van der Waals surface area contributed by atoms with E-state index < -0.39 is 0 Å². The summed E-state index contributed by atoms with van der Waals surface area (Å²) in [6, 6.07) is 2.25. The molecule has 0 aromatic heterocycles. The monoisotopic (exact) mass is 137 g/mol. The lowest BCUT2D eigenvalue weighted by Crippen LogP contribution is -2.22. The lowest BCUT2D eigenvalue weighted by Gasteiger charge is -2.05. The van der Waals surface area contributed by atoms with E-state index in [2.05, 4.69) is 6.07 Å². The molecule has 3 saturated heterocycles. The molecular weight excluding hydrogens is 130 g/mol. The highest BCUT2D eigenvalue weighted by molar-refractivity contribution is 5.15. The van der Waals surface area contributed by atoms with Crippen molar-refractivity contribution >= 4 is 0 Å². The van der Waals surface area contributed by atoms with Crippen LogP contribution in [-0.2, 0) is 9.47 Å². The molecule has 0 saturated carbocycles. The Kier molecular flexibility index (Phi) is 0.697. The summed E-state index contributed by atoms with van der Waals surface area (Å²) >= 11 is 0. The van der Waals surface area contributed by atoms with Gasteiger partial charge in [-0.15, -0.1) is 0 Å². The number of nitrogens with zero attached hydrogens (tertiary/aromatic N) is 1. The standard InChI is InChI=1S/C7H7NO2/c8-2-3-1-4-6-7(10-6)5(3)9-4/h3-7H,1H2/t3-,4+,5-,6+,7-/m1/s1. The second-order valence-corrected chi connectivity index (χ2v) is 3.18. The fourth-order valence-electron chi connectivity index (χ4n) is 2.08. The summed E-state index contributed by atoms with van der Waals surface area (Å²) in [4.78, 5) is 0. The molecule has 3 aliphatic rings. The summed E-state index contributed by atoms with van der Waals surface area (Å²) in [6.45, 7) is 0. The Hall–Kier alpha value is -0.590. The number of hydrogen-bond donors (Lipinski definition) is 0. The lowest BCUT2D eigenvalue weighted by atomic mass is 9.91. The van der Waals surface area contributed by atoms with Crippen LogP contribution in [0.3, 0.4) is 0 Å². The van der Waals surface area contributed by atoms with Gasteiger partial charge >= 0.3 is 0 Å². The minimum Gasteiger partial charge on any atom is -0.368 e. The van der Waals surface area contributed by atoms with Gasteiger partial charge in [-0.25, -0.2) is 0 Å². The van der Waals surface area contributed by atoms with E-state index in [1.165, 1.54) is 0 Å².